The third-order valence-electron chi connectivity index (χ3n) is 8.46. The molecule has 5 aromatic rings. The molecule has 41 heavy (non-hydrogen) atoms. The Balaban J connectivity index is 1.16. The van der Waals surface area contributed by atoms with Crippen LogP contribution in [0, 0.1) is 0 Å². The molecule has 0 saturated heterocycles. The number of nitrogens with zero attached hydrogens (tertiary/aromatic N) is 1. The SMILES string of the molecule is CN(c1ccc(C(C2=CC=CCC2)c2ccccc2)cc1)c1ccc(C2c3ccccc3Sc3ccccc32)cc1. The summed E-state index contributed by atoms with van der Waals surface area (Å²) in [5.74, 6) is 0.542. The Hall–Kier alpha value is -4.27. The fourth-order valence-electron chi connectivity index (χ4n) is 6.33. The highest BCUT2D eigenvalue weighted by atomic mass is 32.2. The van der Waals surface area contributed by atoms with Gasteiger partial charge in [0.2, 0.25) is 0 Å². The Morgan fingerprint density at radius 3 is 1.80 bits per heavy atom. The van der Waals surface area contributed by atoms with E-state index in [1.807, 2.05) is 11.8 Å². The van der Waals surface area contributed by atoms with Crippen LogP contribution < -0.4 is 4.90 Å². The summed E-state index contributed by atoms with van der Waals surface area (Å²) < 4.78 is 0. The number of benzene rings is 5. The van der Waals surface area contributed by atoms with Gasteiger partial charge in [-0.15, -0.1) is 0 Å². The van der Waals surface area contributed by atoms with Crippen LogP contribution in [0.3, 0.4) is 0 Å². The van der Waals surface area contributed by atoms with Gasteiger partial charge in [0, 0.05) is 40.0 Å². The lowest BCUT2D eigenvalue weighted by molar-refractivity contribution is 0.831. The van der Waals surface area contributed by atoms with Crippen LogP contribution in [-0.4, -0.2) is 7.05 Å². The third-order valence-corrected chi connectivity index (χ3v) is 9.64. The second-order valence-corrected chi connectivity index (χ2v) is 12.0. The molecule has 0 saturated carbocycles. The van der Waals surface area contributed by atoms with Crippen LogP contribution in [0.1, 0.15) is 52.5 Å². The van der Waals surface area contributed by atoms with E-state index in [0.29, 0.717) is 5.92 Å². The molecule has 2 heteroatoms. The van der Waals surface area contributed by atoms with Crippen LogP contribution in [0.5, 0.6) is 0 Å². The molecule has 0 radical (unpaired) electrons. The Labute approximate surface area is 247 Å². The van der Waals surface area contributed by atoms with Crippen molar-refractivity contribution in [3.63, 3.8) is 0 Å². The highest BCUT2D eigenvalue weighted by Gasteiger charge is 2.27. The molecular formula is C39H33NS. The van der Waals surface area contributed by atoms with Crippen LogP contribution in [0.25, 0.3) is 0 Å². The van der Waals surface area contributed by atoms with E-state index < -0.39 is 0 Å². The molecule has 2 aliphatic rings. The smallest absolute Gasteiger partial charge is 0.0408 e. The predicted octanol–water partition coefficient (Wildman–Crippen LogP) is 10.5. The minimum Gasteiger partial charge on any atom is -0.345 e. The van der Waals surface area contributed by atoms with E-state index in [1.54, 1.807) is 0 Å². The van der Waals surface area contributed by atoms with Gasteiger partial charge in [0.1, 0.15) is 0 Å². The quantitative estimate of drug-likeness (QED) is 0.204. The van der Waals surface area contributed by atoms with E-state index >= 15 is 0 Å². The Kier molecular flexibility index (Phi) is 7.08. The topological polar surface area (TPSA) is 3.24 Å². The second kappa shape index (κ2) is 11.3. The molecule has 1 heterocycles. The van der Waals surface area contributed by atoms with E-state index in [1.165, 1.54) is 54.6 Å². The van der Waals surface area contributed by atoms with E-state index in [0.717, 1.165) is 12.8 Å². The zero-order valence-electron chi connectivity index (χ0n) is 23.3. The first-order chi connectivity index (χ1) is 20.3. The number of hydrogen-bond donors (Lipinski definition) is 0. The molecule has 200 valence electrons. The minimum absolute atomic E-state index is 0.251. The summed E-state index contributed by atoms with van der Waals surface area (Å²) in [5.41, 5.74) is 10.7. The van der Waals surface area contributed by atoms with Gasteiger partial charge in [-0.25, -0.2) is 0 Å². The fraction of sp³-hybridized carbons (Fsp3) is 0.128. The molecule has 0 bridgehead atoms. The van der Waals surface area contributed by atoms with Crippen molar-refractivity contribution in [2.75, 3.05) is 11.9 Å². The van der Waals surface area contributed by atoms with Crippen molar-refractivity contribution in [3.05, 3.63) is 179 Å². The molecule has 0 aromatic heterocycles. The standard InChI is InChI=1S/C39H33NS/c1-40(32-24-20-30(21-25-32)38(28-12-4-2-5-13-28)29-14-6-3-7-15-29)33-26-22-31(23-27-33)39-34-16-8-10-18-36(34)41-37-19-11-9-17-35(37)39/h2-6,8-14,16-27,38-39H,7,15H2,1H3. The molecular weight excluding hydrogens is 515 g/mol. The van der Waals surface area contributed by atoms with E-state index in [9.17, 15) is 0 Å². The van der Waals surface area contributed by atoms with Gasteiger partial charge < -0.3 is 4.90 Å². The summed E-state index contributed by atoms with van der Waals surface area (Å²) in [6.45, 7) is 0. The maximum atomic E-state index is 2.31. The van der Waals surface area contributed by atoms with Crippen molar-refractivity contribution < 1.29 is 0 Å². The second-order valence-electron chi connectivity index (χ2n) is 10.9. The maximum Gasteiger partial charge on any atom is 0.0408 e. The van der Waals surface area contributed by atoms with Crippen molar-refractivity contribution in [1.29, 1.82) is 0 Å². The lowest BCUT2D eigenvalue weighted by Gasteiger charge is -2.29. The minimum atomic E-state index is 0.251. The fourth-order valence-corrected chi connectivity index (χ4v) is 7.46. The molecule has 0 N–H and O–H groups in total. The van der Waals surface area contributed by atoms with Gasteiger partial charge in [-0.05, 0) is 77.1 Å². The number of hydrogen-bond acceptors (Lipinski definition) is 2. The monoisotopic (exact) mass is 547 g/mol. The Bertz CT molecular complexity index is 1670. The van der Waals surface area contributed by atoms with E-state index in [-0.39, 0.29) is 5.92 Å². The first-order valence-electron chi connectivity index (χ1n) is 14.5. The van der Waals surface area contributed by atoms with Crippen molar-refractivity contribution in [2.24, 2.45) is 0 Å². The normalized spacial score (nSPS) is 15.0. The summed E-state index contributed by atoms with van der Waals surface area (Å²) in [4.78, 5) is 4.99. The summed E-state index contributed by atoms with van der Waals surface area (Å²) >= 11 is 1.88. The van der Waals surface area contributed by atoms with Gasteiger partial charge in [-0.3, -0.25) is 0 Å². The van der Waals surface area contributed by atoms with Crippen molar-refractivity contribution in [3.8, 4) is 0 Å². The number of rotatable bonds is 6. The molecule has 1 nitrogen and oxygen atoms in total. The Morgan fingerprint density at radius 1 is 0.634 bits per heavy atom. The van der Waals surface area contributed by atoms with E-state index in [2.05, 4.69) is 158 Å². The average Bonchev–Trinajstić information content (AvgIpc) is 3.05. The zero-order valence-corrected chi connectivity index (χ0v) is 24.1. The zero-order chi connectivity index (χ0) is 27.6. The average molecular weight is 548 g/mol. The van der Waals surface area contributed by atoms with Crippen molar-refractivity contribution >= 4 is 23.1 Å². The molecule has 1 unspecified atom stereocenters. The molecule has 0 amide bonds. The number of fused-ring (bicyclic) bond motifs is 2. The van der Waals surface area contributed by atoms with Crippen molar-refractivity contribution in [1.82, 2.24) is 0 Å². The molecule has 0 spiro atoms. The molecule has 1 atom stereocenters. The highest BCUT2D eigenvalue weighted by Crippen LogP contribution is 2.48. The van der Waals surface area contributed by atoms with Crippen LogP contribution in [-0.2, 0) is 0 Å². The Morgan fingerprint density at radius 2 is 1.20 bits per heavy atom. The summed E-state index contributed by atoms with van der Waals surface area (Å²) in [7, 11) is 2.16. The largest absolute Gasteiger partial charge is 0.345 e. The van der Waals surface area contributed by atoms with Crippen LogP contribution >= 0.6 is 11.8 Å². The van der Waals surface area contributed by atoms with Gasteiger partial charge >= 0.3 is 0 Å². The first-order valence-corrected chi connectivity index (χ1v) is 15.3. The van der Waals surface area contributed by atoms with Crippen LogP contribution in [0.4, 0.5) is 11.4 Å². The molecule has 1 aliphatic heterocycles. The van der Waals surface area contributed by atoms with E-state index in [4.69, 9.17) is 0 Å². The summed E-state index contributed by atoms with van der Waals surface area (Å²) in [5, 5.41) is 0. The third kappa shape index (κ3) is 5.05. The van der Waals surface area contributed by atoms with Crippen molar-refractivity contribution in [2.45, 2.75) is 34.5 Å². The predicted molar refractivity (Wildman–Crippen MR) is 174 cm³/mol. The molecule has 0 fully saturated rings. The number of allylic oxidation sites excluding steroid dienone is 4. The van der Waals surface area contributed by atoms with Crippen LogP contribution in [0.2, 0.25) is 0 Å². The lowest BCUT2D eigenvalue weighted by atomic mass is 9.81. The summed E-state index contributed by atoms with van der Waals surface area (Å²) in [6.07, 6.45) is 9.01. The van der Waals surface area contributed by atoms with Crippen LogP contribution in [0.15, 0.2) is 161 Å². The summed E-state index contributed by atoms with van der Waals surface area (Å²) in [6, 6.07) is 46.9. The van der Waals surface area contributed by atoms with Gasteiger partial charge in [0.15, 0.2) is 0 Å². The van der Waals surface area contributed by atoms with Gasteiger partial charge in [0.05, 0.1) is 0 Å². The number of anilines is 2. The lowest BCUT2D eigenvalue weighted by Crippen LogP contribution is -2.12. The maximum absolute atomic E-state index is 2.31. The molecule has 7 rings (SSSR count). The van der Waals surface area contributed by atoms with Gasteiger partial charge in [-0.1, -0.05) is 127 Å². The molecule has 1 aliphatic carbocycles. The van der Waals surface area contributed by atoms with Gasteiger partial charge in [-0.2, -0.15) is 0 Å². The first kappa shape index (κ1) is 25.7. The van der Waals surface area contributed by atoms with Gasteiger partial charge in [0.25, 0.3) is 0 Å². The highest BCUT2D eigenvalue weighted by molar-refractivity contribution is 7.99. The molecule has 5 aromatic carbocycles.